The van der Waals surface area contributed by atoms with Gasteiger partial charge in [0.15, 0.2) is 0 Å². The van der Waals surface area contributed by atoms with Gasteiger partial charge in [0.05, 0.1) is 0 Å². The van der Waals surface area contributed by atoms with Crippen LogP contribution >= 0.6 is 0 Å². The molecule has 0 aliphatic carbocycles. The van der Waals surface area contributed by atoms with E-state index in [1.165, 1.54) is 0 Å². The zero-order valence-corrected chi connectivity index (χ0v) is 8.89. The Hall–Kier alpha value is -1.32. The Bertz CT molecular complexity index is 437. The van der Waals surface area contributed by atoms with Crippen LogP contribution in [0.5, 0.6) is 0 Å². The van der Waals surface area contributed by atoms with Gasteiger partial charge in [0.1, 0.15) is 0 Å². The first-order valence-electron chi connectivity index (χ1n) is 4.26. The van der Waals surface area contributed by atoms with Crippen LogP contribution in [0.3, 0.4) is 0 Å². The van der Waals surface area contributed by atoms with Crippen LogP contribution in [0.1, 0.15) is 0 Å². The maximum atomic E-state index is 13.5. The van der Waals surface area contributed by atoms with Gasteiger partial charge in [0, 0.05) is 0 Å². The first kappa shape index (κ1) is 17.7. The standard InChI is InChI=1S/C6HF9O6/c7-2(8,1(16)17)18-3(9)4(10,19-5(11,12)13)21-6(14,15)20-3/h(H,16,17). The number of rotatable bonds is 4. The normalized spacial score (nSPS) is 33.2. The van der Waals surface area contributed by atoms with E-state index < -0.39 is 36.8 Å². The van der Waals surface area contributed by atoms with E-state index in [-0.39, 0.29) is 0 Å². The molecule has 0 amide bonds. The summed E-state index contributed by atoms with van der Waals surface area (Å²) in [6.07, 6.45) is -17.5. The summed E-state index contributed by atoms with van der Waals surface area (Å²) in [5, 5.41) is 7.84. The summed E-state index contributed by atoms with van der Waals surface area (Å²) in [6, 6.07) is -11.5. The molecular weight excluding hydrogens is 339 g/mol. The van der Waals surface area contributed by atoms with Crippen molar-refractivity contribution < 1.29 is 68.4 Å². The van der Waals surface area contributed by atoms with Crippen molar-refractivity contribution in [3.05, 3.63) is 0 Å². The number of carbonyl (C=O) groups is 1. The van der Waals surface area contributed by atoms with Gasteiger partial charge in [0.2, 0.25) is 0 Å². The summed E-state index contributed by atoms with van der Waals surface area (Å²) in [4.78, 5) is 9.90. The average Bonchev–Trinajstić information content (AvgIpc) is 2.25. The molecule has 124 valence electrons. The van der Waals surface area contributed by atoms with Crippen molar-refractivity contribution >= 4 is 5.97 Å². The molecule has 0 saturated carbocycles. The van der Waals surface area contributed by atoms with Gasteiger partial charge in [-0.15, -0.1) is 22.0 Å². The number of halogens is 9. The van der Waals surface area contributed by atoms with E-state index in [1.807, 2.05) is 0 Å². The van der Waals surface area contributed by atoms with Gasteiger partial charge >= 0.3 is 36.8 Å². The van der Waals surface area contributed by atoms with E-state index in [1.54, 1.807) is 0 Å². The summed E-state index contributed by atoms with van der Waals surface area (Å²) >= 11 is 0. The van der Waals surface area contributed by atoms with Crippen molar-refractivity contribution in [2.24, 2.45) is 0 Å². The second-order valence-corrected chi connectivity index (χ2v) is 3.21. The van der Waals surface area contributed by atoms with E-state index in [0.717, 1.165) is 0 Å². The summed E-state index contributed by atoms with van der Waals surface area (Å²) in [5.74, 6) is -3.35. The number of aliphatic carboxylic acids is 1. The molecule has 0 aromatic carbocycles. The molecule has 0 spiro atoms. The topological polar surface area (TPSA) is 74.2 Å². The molecule has 0 aromatic heterocycles. The minimum Gasteiger partial charge on any atom is -0.475 e. The number of hydrogen-bond acceptors (Lipinski definition) is 5. The molecule has 15 heteroatoms. The number of carboxylic acids is 1. The van der Waals surface area contributed by atoms with E-state index in [9.17, 15) is 44.3 Å². The highest BCUT2D eigenvalue weighted by atomic mass is 19.4. The zero-order valence-electron chi connectivity index (χ0n) is 8.89. The van der Waals surface area contributed by atoms with Crippen molar-refractivity contribution in [1.29, 1.82) is 0 Å². The quantitative estimate of drug-likeness (QED) is 0.790. The lowest BCUT2D eigenvalue weighted by molar-refractivity contribution is -0.527. The lowest BCUT2D eigenvalue weighted by Gasteiger charge is -2.29. The Morgan fingerprint density at radius 3 is 1.62 bits per heavy atom. The molecule has 1 aliphatic heterocycles. The van der Waals surface area contributed by atoms with Crippen molar-refractivity contribution in [3.63, 3.8) is 0 Å². The van der Waals surface area contributed by atoms with Crippen LogP contribution < -0.4 is 0 Å². The molecule has 0 bridgehead atoms. The Balaban J connectivity index is 3.19. The molecule has 0 radical (unpaired) electrons. The Morgan fingerprint density at radius 1 is 0.905 bits per heavy atom. The van der Waals surface area contributed by atoms with E-state index in [0.29, 0.717) is 0 Å². The lowest BCUT2D eigenvalue weighted by atomic mass is 10.5. The maximum absolute atomic E-state index is 13.5. The minimum atomic E-state index is -6.21. The molecule has 2 atom stereocenters. The van der Waals surface area contributed by atoms with Gasteiger partial charge in [0.25, 0.3) is 0 Å². The van der Waals surface area contributed by atoms with Crippen LogP contribution in [0.15, 0.2) is 0 Å². The predicted molar refractivity (Wildman–Crippen MR) is 35.6 cm³/mol. The Labute approximate surface area is 106 Å². The van der Waals surface area contributed by atoms with Gasteiger partial charge < -0.3 is 5.11 Å². The van der Waals surface area contributed by atoms with Gasteiger partial charge in [-0.2, -0.15) is 17.6 Å². The van der Waals surface area contributed by atoms with E-state index in [4.69, 9.17) is 5.11 Å². The summed E-state index contributed by atoms with van der Waals surface area (Å²) in [5.41, 5.74) is 0. The van der Waals surface area contributed by atoms with Gasteiger partial charge in [-0.3, -0.25) is 0 Å². The van der Waals surface area contributed by atoms with Crippen LogP contribution in [0.2, 0.25) is 0 Å². The Kier molecular flexibility index (Phi) is 3.87. The number of ether oxygens (including phenoxy) is 4. The largest absolute Gasteiger partial charge is 0.527 e. The Morgan fingerprint density at radius 2 is 1.29 bits per heavy atom. The molecule has 1 rings (SSSR count). The average molecular weight is 340 g/mol. The highest BCUT2D eigenvalue weighted by Gasteiger charge is 2.80. The fourth-order valence-electron chi connectivity index (χ4n) is 0.969. The fourth-order valence-corrected chi connectivity index (χ4v) is 0.969. The zero-order chi connectivity index (χ0) is 16.9. The summed E-state index contributed by atoms with van der Waals surface area (Å²) in [6.45, 7) is 0. The molecule has 1 saturated heterocycles. The summed E-state index contributed by atoms with van der Waals surface area (Å²) in [7, 11) is 0. The van der Waals surface area contributed by atoms with Crippen molar-refractivity contribution in [3.8, 4) is 0 Å². The summed E-state index contributed by atoms with van der Waals surface area (Å²) < 4.78 is 122. The molecule has 1 N–H and O–H groups in total. The molecule has 2 unspecified atom stereocenters. The van der Waals surface area contributed by atoms with E-state index >= 15 is 0 Å². The van der Waals surface area contributed by atoms with Gasteiger partial charge in [-0.25, -0.2) is 23.7 Å². The monoisotopic (exact) mass is 340 g/mol. The van der Waals surface area contributed by atoms with Crippen LogP contribution in [0.4, 0.5) is 39.5 Å². The maximum Gasteiger partial charge on any atom is 0.527 e. The fraction of sp³-hybridized carbons (Fsp3) is 0.833. The number of alkyl halides is 9. The second kappa shape index (κ2) is 4.59. The highest BCUT2D eigenvalue weighted by molar-refractivity contribution is 5.73. The second-order valence-electron chi connectivity index (χ2n) is 3.21. The van der Waals surface area contributed by atoms with Crippen LogP contribution in [0.25, 0.3) is 0 Å². The van der Waals surface area contributed by atoms with Crippen molar-refractivity contribution in [1.82, 2.24) is 0 Å². The first-order chi connectivity index (χ1) is 9.02. The van der Waals surface area contributed by atoms with E-state index in [2.05, 4.69) is 18.9 Å². The van der Waals surface area contributed by atoms with Crippen LogP contribution in [-0.2, 0) is 23.7 Å². The third-order valence-corrected chi connectivity index (χ3v) is 1.61. The van der Waals surface area contributed by atoms with Crippen LogP contribution in [-0.4, -0.2) is 41.9 Å². The minimum absolute atomic E-state index is 2.14. The smallest absolute Gasteiger partial charge is 0.475 e. The molecule has 1 aliphatic rings. The number of carboxylic acid groups (broad SMARTS) is 1. The van der Waals surface area contributed by atoms with Crippen molar-refractivity contribution in [2.45, 2.75) is 30.8 Å². The van der Waals surface area contributed by atoms with Crippen LogP contribution in [0, 0.1) is 0 Å². The molecule has 0 aromatic rings. The van der Waals surface area contributed by atoms with Gasteiger partial charge in [-0.1, -0.05) is 0 Å². The molecular formula is C6HF9O6. The highest BCUT2D eigenvalue weighted by Crippen LogP contribution is 2.53. The number of hydrogen-bond donors (Lipinski definition) is 1. The predicted octanol–water partition coefficient (Wildman–Crippen LogP) is 2.06. The molecule has 1 heterocycles. The molecule has 1 fully saturated rings. The lowest BCUT2D eigenvalue weighted by Crippen LogP contribution is -2.55. The molecule has 21 heavy (non-hydrogen) atoms. The third kappa shape index (κ3) is 3.66. The SMILES string of the molecule is O=C(O)C(F)(F)OC1(F)OC(F)(F)OC1(F)OC(F)(F)F. The van der Waals surface area contributed by atoms with Gasteiger partial charge in [-0.05, 0) is 0 Å². The van der Waals surface area contributed by atoms with Crippen molar-refractivity contribution in [2.75, 3.05) is 0 Å². The molecule has 6 nitrogen and oxygen atoms in total. The third-order valence-electron chi connectivity index (χ3n) is 1.61. The first-order valence-corrected chi connectivity index (χ1v) is 4.26.